The van der Waals surface area contributed by atoms with Crippen LogP contribution >= 0.6 is 0 Å². The molecule has 0 saturated heterocycles. The van der Waals surface area contributed by atoms with Gasteiger partial charge in [0, 0.05) is 5.56 Å². The molecule has 0 bridgehead atoms. The van der Waals surface area contributed by atoms with E-state index in [0.29, 0.717) is 12.1 Å². The van der Waals surface area contributed by atoms with E-state index in [-0.39, 0.29) is 23.3 Å². The molecule has 15 heteroatoms. The van der Waals surface area contributed by atoms with E-state index < -0.39 is 65.8 Å². The van der Waals surface area contributed by atoms with Gasteiger partial charge in [0.05, 0.1) is 35.8 Å². The topological polar surface area (TPSA) is 160 Å². The molecule has 0 saturated carbocycles. The van der Waals surface area contributed by atoms with Crippen LogP contribution in [0.25, 0.3) is 0 Å². The lowest BCUT2D eigenvalue weighted by Gasteiger charge is -2.21. The molecule has 0 radical (unpaired) electrons. The Morgan fingerprint density at radius 3 is 2.03 bits per heavy atom. The Balaban J connectivity index is 2.24. The Hall–Kier alpha value is -4.30. The molecule has 2 aromatic rings. The molecule has 0 heterocycles. The smallest absolute Gasteiger partial charge is 0.416 e. The first-order valence-electron chi connectivity index (χ1n) is 9.84. The molecule has 2 rings (SSSR count). The number of nitrogens with zero attached hydrogens (tertiary/aromatic N) is 1. The number of hydrogen-bond donors (Lipinski definition) is 5. The number of alkyl halides is 6. The predicted molar refractivity (Wildman–Crippen MR) is 114 cm³/mol. The molecule has 2 aromatic carbocycles. The first-order valence-corrected chi connectivity index (χ1v) is 9.84. The van der Waals surface area contributed by atoms with E-state index in [2.05, 4.69) is 10.3 Å². The van der Waals surface area contributed by atoms with E-state index in [1.54, 1.807) is 0 Å². The second-order valence-electron chi connectivity index (χ2n) is 7.33. The number of benzene rings is 2. The number of amides is 2. The van der Waals surface area contributed by atoms with Crippen LogP contribution in [0.4, 0.5) is 32.0 Å². The summed E-state index contributed by atoms with van der Waals surface area (Å²) in [5, 5.41) is 13.3. The molecule has 0 aliphatic rings. The van der Waals surface area contributed by atoms with E-state index in [9.17, 15) is 40.7 Å². The fourth-order valence-corrected chi connectivity index (χ4v) is 2.98. The fourth-order valence-electron chi connectivity index (χ4n) is 2.98. The third-order valence-corrected chi connectivity index (χ3v) is 4.50. The number of hydrogen-bond acceptors (Lipinski definition) is 4. The van der Waals surface area contributed by atoms with Crippen LogP contribution in [0.1, 0.15) is 39.5 Å². The zero-order chi connectivity index (χ0) is 27.3. The number of carbonyl (C=O) groups excluding carboxylic acids is 2. The summed E-state index contributed by atoms with van der Waals surface area (Å²) in [6.45, 7) is -0.771. The highest BCUT2D eigenvalue weighted by Gasteiger charge is 2.38. The second kappa shape index (κ2) is 11.0. The third-order valence-electron chi connectivity index (χ3n) is 4.50. The van der Waals surface area contributed by atoms with Gasteiger partial charge in [0.1, 0.15) is 0 Å². The standard InChI is InChI=1S/C21H19F6N5O4/c22-20(23,24)12-4-11(5-13(7-12)21(25,26)27)15(8-17(34)35)32-16(33)9-30-18(36)10-2-1-3-14(6-10)31-19(28)29/h1-7,15H,8-9H2,(H,30,36)(H,32,33)(H,34,35)(H4,28,29,31). The Bertz CT molecular complexity index is 1140. The number of rotatable bonds is 8. The van der Waals surface area contributed by atoms with Gasteiger partial charge >= 0.3 is 18.3 Å². The van der Waals surface area contributed by atoms with E-state index in [0.717, 1.165) is 0 Å². The SMILES string of the molecule is NC(N)=Nc1cccc(C(=O)NCC(=O)NC(CC(=O)O)c2cc(C(F)(F)F)cc(C(F)(F)F)c2)c1. The average Bonchev–Trinajstić information content (AvgIpc) is 2.75. The Kier molecular flexibility index (Phi) is 8.51. The quantitative estimate of drug-likeness (QED) is 0.205. The highest BCUT2D eigenvalue weighted by molar-refractivity contribution is 5.97. The van der Waals surface area contributed by atoms with Crippen LogP contribution < -0.4 is 22.1 Å². The van der Waals surface area contributed by atoms with Crippen LogP contribution in [0.15, 0.2) is 47.5 Å². The van der Waals surface area contributed by atoms with E-state index in [4.69, 9.17) is 16.6 Å². The summed E-state index contributed by atoms with van der Waals surface area (Å²) in [7, 11) is 0. The molecule has 0 spiro atoms. The van der Waals surface area contributed by atoms with Gasteiger partial charge < -0.3 is 27.2 Å². The minimum Gasteiger partial charge on any atom is -0.481 e. The number of nitrogens with one attached hydrogen (secondary N) is 2. The lowest BCUT2D eigenvalue weighted by Crippen LogP contribution is -2.39. The van der Waals surface area contributed by atoms with Crippen molar-refractivity contribution in [3.05, 3.63) is 64.7 Å². The van der Waals surface area contributed by atoms with E-state index >= 15 is 0 Å². The molecule has 1 atom stereocenters. The second-order valence-corrected chi connectivity index (χ2v) is 7.33. The first kappa shape index (κ1) is 27.9. The van der Waals surface area contributed by atoms with Crippen molar-refractivity contribution in [2.45, 2.75) is 24.8 Å². The van der Waals surface area contributed by atoms with Crippen LogP contribution in [0.5, 0.6) is 0 Å². The van der Waals surface area contributed by atoms with Crippen molar-refractivity contribution in [2.75, 3.05) is 6.54 Å². The third kappa shape index (κ3) is 8.18. The number of carboxylic acids is 1. The monoisotopic (exact) mass is 519 g/mol. The van der Waals surface area contributed by atoms with E-state index in [1.165, 1.54) is 24.3 Å². The van der Waals surface area contributed by atoms with Crippen LogP contribution in [-0.4, -0.2) is 35.4 Å². The predicted octanol–water partition coefficient (Wildman–Crippen LogP) is 2.69. The molecule has 1 unspecified atom stereocenters. The van der Waals surface area contributed by atoms with Gasteiger partial charge in [-0.3, -0.25) is 14.4 Å². The molecule has 0 aliphatic carbocycles. The van der Waals surface area contributed by atoms with Crippen molar-refractivity contribution in [3.8, 4) is 0 Å². The molecule has 194 valence electrons. The van der Waals surface area contributed by atoms with Crippen LogP contribution in [0.3, 0.4) is 0 Å². The van der Waals surface area contributed by atoms with Crippen LogP contribution in [0.2, 0.25) is 0 Å². The normalized spacial score (nSPS) is 12.4. The highest BCUT2D eigenvalue weighted by Crippen LogP contribution is 2.37. The molecule has 9 nitrogen and oxygen atoms in total. The molecule has 0 aromatic heterocycles. The summed E-state index contributed by atoms with van der Waals surface area (Å²) in [6.07, 6.45) is -11.4. The summed E-state index contributed by atoms with van der Waals surface area (Å²) >= 11 is 0. The van der Waals surface area contributed by atoms with Gasteiger partial charge in [-0.2, -0.15) is 26.3 Å². The van der Waals surface area contributed by atoms with Crippen molar-refractivity contribution < 1.29 is 45.8 Å². The van der Waals surface area contributed by atoms with Crippen LogP contribution in [0, 0.1) is 0 Å². The molecule has 36 heavy (non-hydrogen) atoms. The van der Waals surface area contributed by atoms with Gasteiger partial charge in [-0.1, -0.05) is 6.07 Å². The lowest BCUT2D eigenvalue weighted by molar-refractivity contribution is -0.143. The van der Waals surface area contributed by atoms with Gasteiger partial charge in [0.15, 0.2) is 5.96 Å². The van der Waals surface area contributed by atoms with Crippen molar-refractivity contribution in [1.29, 1.82) is 0 Å². The molecule has 0 aliphatic heterocycles. The zero-order valence-corrected chi connectivity index (χ0v) is 18.1. The maximum atomic E-state index is 13.2. The maximum Gasteiger partial charge on any atom is 0.416 e. The zero-order valence-electron chi connectivity index (χ0n) is 18.1. The summed E-state index contributed by atoms with van der Waals surface area (Å²) in [6, 6.07) is 4.29. The van der Waals surface area contributed by atoms with Gasteiger partial charge in [-0.15, -0.1) is 0 Å². The number of carboxylic acid groups (broad SMARTS) is 1. The van der Waals surface area contributed by atoms with E-state index in [1.807, 2.05) is 5.32 Å². The Morgan fingerprint density at radius 2 is 1.53 bits per heavy atom. The molecule has 7 N–H and O–H groups in total. The fraction of sp³-hybridized carbons (Fsp3) is 0.238. The number of aliphatic carboxylic acids is 1. The molecule has 2 amide bonds. The molecule has 0 fully saturated rings. The van der Waals surface area contributed by atoms with Crippen molar-refractivity contribution in [3.63, 3.8) is 0 Å². The van der Waals surface area contributed by atoms with Gasteiger partial charge in [0.2, 0.25) is 5.91 Å². The number of carbonyl (C=O) groups is 3. The Morgan fingerprint density at radius 1 is 0.944 bits per heavy atom. The molecular weight excluding hydrogens is 500 g/mol. The minimum atomic E-state index is -5.17. The lowest BCUT2D eigenvalue weighted by atomic mass is 9.97. The van der Waals surface area contributed by atoms with Crippen molar-refractivity contribution in [2.24, 2.45) is 16.5 Å². The average molecular weight is 519 g/mol. The summed E-state index contributed by atoms with van der Waals surface area (Å²) in [5.74, 6) is -3.74. The van der Waals surface area contributed by atoms with Gasteiger partial charge in [-0.25, -0.2) is 4.99 Å². The number of aliphatic imine (C=N–C) groups is 1. The number of nitrogens with two attached hydrogens (primary N) is 2. The van der Waals surface area contributed by atoms with Crippen molar-refractivity contribution >= 4 is 29.4 Å². The van der Waals surface area contributed by atoms with Gasteiger partial charge in [0.25, 0.3) is 5.91 Å². The maximum absolute atomic E-state index is 13.2. The molecular formula is C21H19F6N5O4. The summed E-state index contributed by atoms with van der Waals surface area (Å²) < 4.78 is 78.9. The highest BCUT2D eigenvalue weighted by atomic mass is 19.4. The largest absolute Gasteiger partial charge is 0.481 e. The summed E-state index contributed by atoms with van der Waals surface area (Å²) in [4.78, 5) is 39.5. The van der Waals surface area contributed by atoms with Crippen LogP contribution in [-0.2, 0) is 21.9 Å². The summed E-state index contributed by atoms with van der Waals surface area (Å²) in [5.41, 5.74) is 6.67. The minimum absolute atomic E-state index is 0.0279. The number of guanidine groups is 1. The van der Waals surface area contributed by atoms with Gasteiger partial charge in [-0.05, 0) is 42.0 Å². The first-order chi connectivity index (χ1) is 16.6. The Labute approximate surface area is 199 Å². The van der Waals surface area contributed by atoms with Crippen molar-refractivity contribution in [1.82, 2.24) is 10.6 Å². The number of halogens is 6.